The summed E-state index contributed by atoms with van der Waals surface area (Å²) >= 11 is 0. The SMILES string of the molecule is c1ccc(CN2CCC(C3CCCNC3)C2)cc1. The Morgan fingerprint density at radius 3 is 2.78 bits per heavy atom. The zero-order valence-electron chi connectivity index (χ0n) is 11.1. The van der Waals surface area contributed by atoms with Crippen molar-refractivity contribution >= 4 is 0 Å². The molecule has 0 aromatic heterocycles. The van der Waals surface area contributed by atoms with Crippen molar-refractivity contribution in [2.24, 2.45) is 11.8 Å². The van der Waals surface area contributed by atoms with E-state index in [1.165, 1.54) is 51.0 Å². The molecule has 0 bridgehead atoms. The number of benzene rings is 1. The van der Waals surface area contributed by atoms with Gasteiger partial charge in [-0.25, -0.2) is 0 Å². The minimum atomic E-state index is 0.930. The van der Waals surface area contributed by atoms with Crippen molar-refractivity contribution in [1.82, 2.24) is 10.2 Å². The fourth-order valence-corrected chi connectivity index (χ4v) is 3.51. The van der Waals surface area contributed by atoms with Gasteiger partial charge in [0.15, 0.2) is 0 Å². The van der Waals surface area contributed by atoms with E-state index in [-0.39, 0.29) is 0 Å². The molecule has 1 aromatic carbocycles. The van der Waals surface area contributed by atoms with E-state index in [0.717, 1.165) is 18.4 Å². The summed E-state index contributed by atoms with van der Waals surface area (Å²) in [6, 6.07) is 10.9. The number of hydrogen-bond acceptors (Lipinski definition) is 2. The number of nitrogens with one attached hydrogen (secondary N) is 1. The van der Waals surface area contributed by atoms with Crippen molar-refractivity contribution in [2.45, 2.75) is 25.8 Å². The molecule has 0 radical (unpaired) electrons. The first kappa shape index (κ1) is 12.2. The van der Waals surface area contributed by atoms with Gasteiger partial charge in [0.1, 0.15) is 0 Å². The van der Waals surface area contributed by atoms with Crippen molar-refractivity contribution in [3.63, 3.8) is 0 Å². The second-order valence-electron chi connectivity index (χ2n) is 5.88. The molecule has 0 saturated carbocycles. The normalized spacial score (nSPS) is 29.6. The van der Waals surface area contributed by atoms with Gasteiger partial charge in [0.2, 0.25) is 0 Å². The molecule has 2 aliphatic rings. The molecule has 3 rings (SSSR count). The van der Waals surface area contributed by atoms with E-state index in [9.17, 15) is 0 Å². The van der Waals surface area contributed by atoms with Gasteiger partial charge in [-0.1, -0.05) is 30.3 Å². The predicted octanol–water partition coefficient (Wildman–Crippen LogP) is 2.51. The first-order chi connectivity index (χ1) is 8.92. The maximum atomic E-state index is 3.56. The van der Waals surface area contributed by atoms with Crippen LogP contribution in [0, 0.1) is 11.8 Å². The zero-order chi connectivity index (χ0) is 12.2. The Bertz CT molecular complexity index is 357. The topological polar surface area (TPSA) is 15.3 Å². The van der Waals surface area contributed by atoms with Crippen LogP contribution < -0.4 is 5.32 Å². The van der Waals surface area contributed by atoms with E-state index in [0.29, 0.717) is 0 Å². The third-order valence-corrected chi connectivity index (χ3v) is 4.56. The third-order valence-electron chi connectivity index (χ3n) is 4.56. The van der Waals surface area contributed by atoms with Gasteiger partial charge in [-0.2, -0.15) is 0 Å². The Morgan fingerprint density at radius 1 is 1.11 bits per heavy atom. The van der Waals surface area contributed by atoms with Crippen LogP contribution in [0.1, 0.15) is 24.8 Å². The molecule has 2 saturated heterocycles. The average molecular weight is 244 g/mol. The van der Waals surface area contributed by atoms with Gasteiger partial charge < -0.3 is 5.32 Å². The van der Waals surface area contributed by atoms with Crippen LogP contribution in [0.5, 0.6) is 0 Å². The second-order valence-corrected chi connectivity index (χ2v) is 5.88. The van der Waals surface area contributed by atoms with Crippen LogP contribution in [-0.4, -0.2) is 31.1 Å². The van der Waals surface area contributed by atoms with Gasteiger partial charge in [-0.15, -0.1) is 0 Å². The summed E-state index contributed by atoms with van der Waals surface area (Å²) in [7, 11) is 0. The molecular weight excluding hydrogens is 220 g/mol. The lowest BCUT2D eigenvalue weighted by atomic mass is 9.86. The fraction of sp³-hybridized carbons (Fsp3) is 0.625. The van der Waals surface area contributed by atoms with Crippen LogP contribution in [0.2, 0.25) is 0 Å². The molecule has 2 heterocycles. The molecule has 98 valence electrons. The second kappa shape index (κ2) is 5.85. The van der Waals surface area contributed by atoms with Gasteiger partial charge >= 0.3 is 0 Å². The van der Waals surface area contributed by atoms with Crippen LogP contribution in [0.25, 0.3) is 0 Å². The Kier molecular flexibility index (Phi) is 3.96. The highest BCUT2D eigenvalue weighted by Crippen LogP contribution is 2.29. The van der Waals surface area contributed by atoms with Crippen molar-refractivity contribution < 1.29 is 0 Å². The van der Waals surface area contributed by atoms with Crippen molar-refractivity contribution in [2.75, 3.05) is 26.2 Å². The molecule has 18 heavy (non-hydrogen) atoms. The van der Waals surface area contributed by atoms with E-state index >= 15 is 0 Å². The van der Waals surface area contributed by atoms with Gasteiger partial charge in [0.25, 0.3) is 0 Å². The van der Waals surface area contributed by atoms with Crippen LogP contribution in [0.15, 0.2) is 30.3 Å². The lowest BCUT2D eigenvalue weighted by Crippen LogP contribution is -2.35. The highest BCUT2D eigenvalue weighted by Gasteiger charge is 2.29. The van der Waals surface area contributed by atoms with Gasteiger partial charge in [-0.05, 0) is 56.3 Å². The van der Waals surface area contributed by atoms with Crippen molar-refractivity contribution in [3.05, 3.63) is 35.9 Å². The first-order valence-electron chi connectivity index (χ1n) is 7.39. The molecule has 2 fully saturated rings. The number of nitrogens with zero attached hydrogens (tertiary/aromatic N) is 1. The lowest BCUT2D eigenvalue weighted by molar-refractivity contribution is 0.246. The Morgan fingerprint density at radius 2 is 2.00 bits per heavy atom. The summed E-state index contributed by atoms with van der Waals surface area (Å²) < 4.78 is 0. The van der Waals surface area contributed by atoms with Gasteiger partial charge in [0, 0.05) is 13.1 Å². The van der Waals surface area contributed by atoms with E-state index < -0.39 is 0 Å². The summed E-state index contributed by atoms with van der Waals surface area (Å²) in [6.07, 6.45) is 4.22. The maximum Gasteiger partial charge on any atom is 0.0233 e. The Labute approximate surface area is 110 Å². The largest absolute Gasteiger partial charge is 0.316 e. The predicted molar refractivity (Wildman–Crippen MR) is 75.4 cm³/mol. The summed E-state index contributed by atoms with van der Waals surface area (Å²) in [4.78, 5) is 2.63. The number of hydrogen-bond donors (Lipinski definition) is 1. The minimum absolute atomic E-state index is 0.930. The molecule has 2 heteroatoms. The molecule has 1 aromatic rings. The van der Waals surface area contributed by atoms with Crippen LogP contribution in [-0.2, 0) is 6.54 Å². The van der Waals surface area contributed by atoms with Crippen LogP contribution >= 0.6 is 0 Å². The van der Waals surface area contributed by atoms with Crippen LogP contribution in [0.4, 0.5) is 0 Å². The standard InChI is InChI=1S/C16H24N2/c1-2-5-14(6-3-1)12-18-10-8-16(13-18)15-7-4-9-17-11-15/h1-3,5-6,15-17H,4,7-13H2. The van der Waals surface area contributed by atoms with E-state index in [2.05, 4.69) is 40.5 Å². The van der Waals surface area contributed by atoms with Gasteiger partial charge in [-0.3, -0.25) is 4.90 Å². The highest BCUT2D eigenvalue weighted by molar-refractivity contribution is 5.14. The van der Waals surface area contributed by atoms with Gasteiger partial charge in [0.05, 0.1) is 0 Å². The summed E-state index contributed by atoms with van der Waals surface area (Å²) in [5.74, 6) is 1.86. The molecule has 1 N–H and O–H groups in total. The first-order valence-corrected chi connectivity index (χ1v) is 7.39. The Balaban J connectivity index is 1.52. The van der Waals surface area contributed by atoms with E-state index in [4.69, 9.17) is 0 Å². The average Bonchev–Trinajstić information content (AvgIpc) is 2.89. The molecule has 0 aliphatic carbocycles. The molecule has 0 amide bonds. The van der Waals surface area contributed by atoms with Crippen molar-refractivity contribution in [3.8, 4) is 0 Å². The number of rotatable bonds is 3. The monoisotopic (exact) mass is 244 g/mol. The third kappa shape index (κ3) is 2.93. The van der Waals surface area contributed by atoms with E-state index in [1.54, 1.807) is 0 Å². The molecular formula is C16H24N2. The smallest absolute Gasteiger partial charge is 0.0233 e. The summed E-state index contributed by atoms with van der Waals surface area (Å²) in [5.41, 5.74) is 1.46. The van der Waals surface area contributed by atoms with Crippen LogP contribution in [0.3, 0.4) is 0 Å². The molecule has 0 spiro atoms. The number of piperidine rings is 1. The quantitative estimate of drug-likeness (QED) is 0.879. The maximum absolute atomic E-state index is 3.56. The molecule has 2 nitrogen and oxygen atoms in total. The number of likely N-dealkylation sites (tertiary alicyclic amines) is 1. The Hall–Kier alpha value is -0.860. The van der Waals surface area contributed by atoms with E-state index in [1.807, 2.05) is 0 Å². The van der Waals surface area contributed by atoms with Crippen molar-refractivity contribution in [1.29, 1.82) is 0 Å². The minimum Gasteiger partial charge on any atom is -0.316 e. The highest BCUT2D eigenvalue weighted by atomic mass is 15.1. The molecule has 2 unspecified atom stereocenters. The molecule has 2 aliphatic heterocycles. The summed E-state index contributed by atoms with van der Waals surface area (Å²) in [6.45, 7) is 6.22. The zero-order valence-corrected chi connectivity index (χ0v) is 11.1. The summed E-state index contributed by atoms with van der Waals surface area (Å²) in [5, 5.41) is 3.56. The molecule has 2 atom stereocenters. The lowest BCUT2D eigenvalue weighted by Gasteiger charge is -2.28. The fourth-order valence-electron chi connectivity index (χ4n) is 3.51.